The van der Waals surface area contributed by atoms with Crippen LogP contribution in [0, 0.1) is 0 Å². The molecule has 0 amide bonds. The van der Waals surface area contributed by atoms with Gasteiger partial charge >= 0.3 is 0 Å². The van der Waals surface area contributed by atoms with Gasteiger partial charge in [0.05, 0.1) is 46.0 Å². The second-order valence-electron chi connectivity index (χ2n) is 9.32. The molecule has 1 N–H and O–H groups in total. The number of hydrogen-bond donors (Lipinski definition) is 1. The minimum Gasteiger partial charge on any atom is -0.497 e. The normalized spacial score (nSPS) is 15.3. The van der Waals surface area contributed by atoms with Gasteiger partial charge in [-0.05, 0) is 53.1 Å². The number of aromatic nitrogens is 5. The molecule has 2 aromatic carbocycles. The van der Waals surface area contributed by atoms with Crippen molar-refractivity contribution in [1.29, 1.82) is 0 Å². The Kier molecular flexibility index (Phi) is 7.85. The number of H-pyrrole nitrogens is 1. The van der Waals surface area contributed by atoms with Crippen LogP contribution in [-0.2, 0) is 30.9 Å². The van der Waals surface area contributed by atoms with Crippen molar-refractivity contribution in [2.24, 2.45) is 0 Å². The van der Waals surface area contributed by atoms with Crippen LogP contribution in [0.25, 0.3) is 10.9 Å². The molecule has 4 aromatic rings. The zero-order valence-corrected chi connectivity index (χ0v) is 21.8. The maximum absolute atomic E-state index is 13.1. The first kappa shape index (κ1) is 25.7. The molecule has 0 bridgehead atoms. The highest BCUT2D eigenvalue weighted by Crippen LogP contribution is 2.31. The fraction of sp³-hybridized carbons (Fsp3) is 0.407. The summed E-state index contributed by atoms with van der Waals surface area (Å²) in [5.74, 6) is 2.66. The Bertz CT molecular complexity index is 1430. The van der Waals surface area contributed by atoms with E-state index in [1.807, 2.05) is 36.4 Å². The van der Waals surface area contributed by atoms with E-state index in [1.54, 1.807) is 32.1 Å². The predicted molar refractivity (Wildman–Crippen MR) is 140 cm³/mol. The Morgan fingerprint density at radius 1 is 1.03 bits per heavy atom. The van der Waals surface area contributed by atoms with Gasteiger partial charge < -0.3 is 23.9 Å². The van der Waals surface area contributed by atoms with Gasteiger partial charge in [-0.3, -0.25) is 9.69 Å². The van der Waals surface area contributed by atoms with Crippen molar-refractivity contribution in [3.63, 3.8) is 0 Å². The highest BCUT2D eigenvalue weighted by Gasteiger charge is 2.21. The number of ether oxygens (including phenoxy) is 4. The SMILES string of the molecule is COc1ccc(CN(Cc2cc3cc(OC)c(OC)cc3[nH]c2=O)Cc2nnnn2C[C@@H]2CCCO2)cc1. The molecule has 200 valence electrons. The summed E-state index contributed by atoms with van der Waals surface area (Å²) in [6.45, 7) is 2.80. The van der Waals surface area contributed by atoms with E-state index < -0.39 is 0 Å². The van der Waals surface area contributed by atoms with Crippen molar-refractivity contribution in [1.82, 2.24) is 30.1 Å². The van der Waals surface area contributed by atoms with Crippen LogP contribution in [0.5, 0.6) is 17.2 Å². The van der Waals surface area contributed by atoms with E-state index in [-0.39, 0.29) is 11.7 Å². The fourth-order valence-corrected chi connectivity index (χ4v) is 4.75. The summed E-state index contributed by atoms with van der Waals surface area (Å²) in [4.78, 5) is 18.3. The molecule has 1 atom stereocenters. The van der Waals surface area contributed by atoms with Gasteiger partial charge in [0.15, 0.2) is 17.3 Å². The maximum Gasteiger partial charge on any atom is 0.252 e. The maximum atomic E-state index is 13.1. The lowest BCUT2D eigenvalue weighted by Gasteiger charge is -2.22. The highest BCUT2D eigenvalue weighted by molar-refractivity contribution is 5.83. The lowest BCUT2D eigenvalue weighted by molar-refractivity contribution is 0.0914. The number of aromatic amines is 1. The largest absolute Gasteiger partial charge is 0.497 e. The lowest BCUT2D eigenvalue weighted by Crippen LogP contribution is -2.29. The number of pyridine rings is 1. The van der Waals surface area contributed by atoms with Crippen molar-refractivity contribution in [3.8, 4) is 17.2 Å². The third-order valence-electron chi connectivity index (χ3n) is 6.76. The molecule has 0 radical (unpaired) electrons. The zero-order chi connectivity index (χ0) is 26.5. The van der Waals surface area contributed by atoms with Crippen LogP contribution in [-0.4, -0.2) is 64.1 Å². The van der Waals surface area contributed by atoms with Crippen molar-refractivity contribution < 1.29 is 18.9 Å². The van der Waals surface area contributed by atoms with E-state index in [1.165, 1.54) is 0 Å². The van der Waals surface area contributed by atoms with Crippen molar-refractivity contribution in [2.45, 2.75) is 45.1 Å². The van der Waals surface area contributed by atoms with E-state index >= 15 is 0 Å². The van der Waals surface area contributed by atoms with Gasteiger partial charge in [-0.25, -0.2) is 4.68 Å². The van der Waals surface area contributed by atoms with Crippen LogP contribution < -0.4 is 19.8 Å². The molecule has 1 saturated heterocycles. The molecule has 0 saturated carbocycles. The minimum absolute atomic E-state index is 0.114. The van der Waals surface area contributed by atoms with Crippen LogP contribution in [0.15, 0.2) is 47.3 Å². The average Bonchev–Trinajstić information content (AvgIpc) is 3.61. The van der Waals surface area contributed by atoms with E-state index in [4.69, 9.17) is 18.9 Å². The van der Waals surface area contributed by atoms with Gasteiger partial charge in [-0.2, -0.15) is 0 Å². The number of nitrogens with zero attached hydrogens (tertiary/aromatic N) is 5. The minimum atomic E-state index is -0.164. The van der Waals surface area contributed by atoms with E-state index in [9.17, 15) is 4.79 Å². The summed E-state index contributed by atoms with van der Waals surface area (Å²) in [5.41, 5.74) is 2.21. The Labute approximate surface area is 220 Å². The van der Waals surface area contributed by atoms with Crippen LogP contribution in [0.4, 0.5) is 0 Å². The van der Waals surface area contributed by atoms with E-state index in [0.717, 1.165) is 42.0 Å². The second kappa shape index (κ2) is 11.6. The number of tetrazole rings is 1. The molecule has 1 aliphatic heterocycles. The topological polar surface area (TPSA) is 117 Å². The molecule has 11 nitrogen and oxygen atoms in total. The summed E-state index contributed by atoms with van der Waals surface area (Å²) >= 11 is 0. The quantitative estimate of drug-likeness (QED) is 0.319. The van der Waals surface area contributed by atoms with Gasteiger partial charge in [0.25, 0.3) is 5.56 Å². The van der Waals surface area contributed by atoms with Gasteiger partial charge in [0.1, 0.15) is 5.75 Å². The van der Waals surface area contributed by atoms with Gasteiger partial charge in [0, 0.05) is 36.7 Å². The summed E-state index contributed by atoms with van der Waals surface area (Å²) in [5, 5.41) is 13.3. The number of nitrogens with one attached hydrogen (secondary N) is 1. The molecule has 0 unspecified atom stereocenters. The number of fused-ring (bicyclic) bond motifs is 1. The summed E-state index contributed by atoms with van der Waals surface area (Å²) < 4.78 is 23.7. The molecular weight excluding hydrogens is 488 g/mol. The summed E-state index contributed by atoms with van der Waals surface area (Å²) in [7, 11) is 4.80. The first-order chi connectivity index (χ1) is 18.6. The fourth-order valence-electron chi connectivity index (χ4n) is 4.75. The number of rotatable bonds is 11. The van der Waals surface area contributed by atoms with Crippen LogP contribution in [0.1, 0.15) is 29.8 Å². The third-order valence-corrected chi connectivity index (χ3v) is 6.76. The van der Waals surface area contributed by atoms with Crippen molar-refractivity contribution in [3.05, 3.63) is 69.8 Å². The molecule has 5 rings (SSSR count). The first-order valence-electron chi connectivity index (χ1n) is 12.6. The predicted octanol–water partition coefficient (Wildman–Crippen LogP) is 2.92. The van der Waals surface area contributed by atoms with Gasteiger partial charge in [-0.1, -0.05) is 12.1 Å². The number of methoxy groups -OCH3 is 3. The molecule has 0 aliphatic carbocycles. The third kappa shape index (κ3) is 5.79. The molecule has 3 heterocycles. The van der Waals surface area contributed by atoms with Crippen LogP contribution in [0.2, 0.25) is 0 Å². The molecule has 2 aromatic heterocycles. The average molecular weight is 521 g/mol. The smallest absolute Gasteiger partial charge is 0.252 e. The molecule has 38 heavy (non-hydrogen) atoms. The zero-order valence-electron chi connectivity index (χ0n) is 21.8. The van der Waals surface area contributed by atoms with Gasteiger partial charge in [-0.15, -0.1) is 5.10 Å². The van der Waals surface area contributed by atoms with Crippen molar-refractivity contribution >= 4 is 10.9 Å². The number of benzene rings is 2. The van der Waals surface area contributed by atoms with Crippen LogP contribution in [0.3, 0.4) is 0 Å². The Morgan fingerprint density at radius 2 is 1.82 bits per heavy atom. The second-order valence-corrected chi connectivity index (χ2v) is 9.32. The Hall–Kier alpha value is -3.96. The summed E-state index contributed by atoms with van der Waals surface area (Å²) in [6.07, 6.45) is 2.16. The van der Waals surface area contributed by atoms with Crippen LogP contribution >= 0.6 is 0 Å². The molecule has 1 aliphatic rings. The van der Waals surface area contributed by atoms with E-state index in [0.29, 0.717) is 48.8 Å². The van der Waals surface area contributed by atoms with E-state index in [2.05, 4.69) is 25.4 Å². The highest BCUT2D eigenvalue weighted by atomic mass is 16.5. The standard InChI is InChI=1S/C27H32N6O5/c1-35-21-8-6-18(7-9-21)14-32(17-26-29-30-31-33(26)16-22-5-4-10-38-22)15-20-11-19-12-24(36-2)25(37-3)13-23(19)28-27(20)34/h6-9,11-13,22H,4-5,10,14-17H2,1-3H3,(H,28,34)/t22-/m0/s1. The van der Waals surface area contributed by atoms with Crippen molar-refractivity contribution in [2.75, 3.05) is 27.9 Å². The molecule has 0 spiro atoms. The number of hydrogen-bond acceptors (Lipinski definition) is 9. The Balaban J connectivity index is 1.44. The summed E-state index contributed by atoms with van der Waals surface area (Å²) in [6, 6.07) is 13.4. The Morgan fingerprint density at radius 3 is 2.53 bits per heavy atom. The first-order valence-corrected chi connectivity index (χ1v) is 12.6. The molecule has 1 fully saturated rings. The monoisotopic (exact) mass is 520 g/mol. The van der Waals surface area contributed by atoms with Gasteiger partial charge in [0.2, 0.25) is 0 Å². The molecule has 11 heteroatoms. The molecular formula is C27H32N6O5. The lowest BCUT2D eigenvalue weighted by atomic mass is 10.1.